The summed E-state index contributed by atoms with van der Waals surface area (Å²) in [6.07, 6.45) is 3.33. The molecule has 0 saturated carbocycles. The number of carbonyl (C=O) groups excluding carboxylic acids is 2. The molecule has 2 heterocycles. The Morgan fingerprint density at radius 2 is 2.20 bits per heavy atom. The highest BCUT2D eigenvalue weighted by atomic mass is 79.9. The average Bonchev–Trinajstić information content (AvgIpc) is 2.96. The van der Waals surface area contributed by atoms with Crippen molar-refractivity contribution >= 4 is 50.8 Å². The summed E-state index contributed by atoms with van der Waals surface area (Å²) in [5.41, 5.74) is 0.961. The van der Waals surface area contributed by atoms with Crippen LogP contribution in [0.5, 0.6) is 0 Å². The van der Waals surface area contributed by atoms with Gasteiger partial charge in [-0.05, 0) is 55.3 Å². The molecule has 0 atom stereocenters. The number of likely N-dealkylation sites (tertiary alicyclic amines) is 1. The number of halogens is 1. The molecule has 1 saturated heterocycles. The quantitative estimate of drug-likeness (QED) is 0.548. The lowest BCUT2D eigenvalue weighted by molar-refractivity contribution is -0.149. The predicted octanol–water partition coefficient (Wildman–Crippen LogP) is 3.69. The monoisotopic (exact) mass is 422 g/mol. The standard InChI is InChI=1S/C18H19BrN2O3S/c1-2-24-17(23)13-6-8-21(9-7-13)18-20-16(22)15(25-18)11-12-4-3-5-14(19)10-12/h3-5,10-11,13H,2,6-9H2,1H3. The number of carbonyl (C=O) groups is 2. The molecule has 1 fully saturated rings. The molecule has 7 heteroatoms. The summed E-state index contributed by atoms with van der Waals surface area (Å²) in [6.45, 7) is 3.67. The first-order chi connectivity index (χ1) is 12.1. The Morgan fingerprint density at radius 1 is 1.44 bits per heavy atom. The van der Waals surface area contributed by atoms with Crippen LogP contribution in [0.1, 0.15) is 25.3 Å². The maximum absolute atomic E-state index is 12.2. The molecule has 0 aliphatic carbocycles. The number of thioether (sulfide) groups is 1. The number of ether oxygens (including phenoxy) is 1. The number of amidine groups is 1. The first-order valence-electron chi connectivity index (χ1n) is 8.26. The van der Waals surface area contributed by atoms with Crippen molar-refractivity contribution in [3.8, 4) is 0 Å². The van der Waals surface area contributed by atoms with Crippen molar-refractivity contribution in [3.05, 3.63) is 39.2 Å². The summed E-state index contributed by atoms with van der Waals surface area (Å²) in [5.74, 6) is -0.363. The first-order valence-corrected chi connectivity index (χ1v) is 9.87. The lowest BCUT2D eigenvalue weighted by atomic mass is 9.97. The van der Waals surface area contributed by atoms with E-state index in [4.69, 9.17) is 4.74 Å². The van der Waals surface area contributed by atoms with Crippen LogP contribution < -0.4 is 0 Å². The van der Waals surface area contributed by atoms with Crippen LogP contribution in [0.4, 0.5) is 0 Å². The van der Waals surface area contributed by atoms with Gasteiger partial charge in [-0.25, -0.2) is 0 Å². The number of benzene rings is 1. The fraction of sp³-hybridized carbons (Fsp3) is 0.389. The molecule has 132 valence electrons. The SMILES string of the molecule is CCOC(=O)C1CCN(C2=NC(=O)C(=Cc3cccc(Br)c3)S2)CC1. The molecule has 5 nitrogen and oxygen atoms in total. The number of rotatable bonds is 3. The van der Waals surface area contributed by atoms with E-state index in [9.17, 15) is 9.59 Å². The summed E-state index contributed by atoms with van der Waals surface area (Å²) < 4.78 is 6.06. The minimum atomic E-state index is -0.201. The van der Waals surface area contributed by atoms with E-state index in [1.807, 2.05) is 37.3 Å². The molecule has 0 bridgehead atoms. The van der Waals surface area contributed by atoms with E-state index in [1.165, 1.54) is 11.8 Å². The molecule has 25 heavy (non-hydrogen) atoms. The van der Waals surface area contributed by atoms with Gasteiger partial charge in [-0.2, -0.15) is 4.99 Å². The van der Waals surface area contributed by atoms with Gasteiger partial charge in [0, 0.05) is 17.6 Å². The van der Waals surface area contributed by atoms with E-state index in [1.54, 1.807) is 0 Å². The van der Waals surface area contributed by atoms with Crippen LogP contribution in [0.25, 0.3) is 6.08 Å². The van der Waals surface area contributed by atoms with E-state index in [0.717, 1.165) is 28.0 Å². The van der Waals surface area contributed by atoms with Crippen molar-refractivity contribution in [1.82, 2.24) is 4.90 Å². The van der Waals surface area contributed by atoms with Gasteiger partial charge in [-0.1, -0.05) is 28.1 Å². The van der Waals surface area contributed by atoms with Gasteiger partial charge in [0.05, 0.1) is 17.4 Å². The summed E-state index contributed by atoms with van der Waals surface area (Å²) in [4.78, 5) is 30.9. The van der Waals surface area contributed by atoms with Crippen LogP contribution in [0.3, 0.4) is 0 Å². The maximum Gasteiger partial charge on any atom is 0.309 e. The molecule has 0 unspecified atom stereocenters. The fourth-order valence-corrected chi connectivity index (χ4v) is 4.23. The molecule has 2 aliphatic rings. The maximum atomic E-state index is 12.2. The Kier molecular flexibility index (Phi) is 5.96. The van der Waals surface area contributed by atoms with Crippen molar-refractivity contribution in [3.63, 3.8) is 0 Å². The smallest absolute Gasteiger partial charge is 0.309 e. The molecule has 0 N–H and O–H groups in total. The van der Waals surface area contributed by atoms with Gasteiger partial charge in [-0.15, -0.1) is 0 Å². The second-order valence-electron chi connectivity index (χ2n) is 5.88. The van der Waals surface area contributed by atoms with Gasteiger partial charge >= 0.3 is 5.97 Å². The van der Waals surface area contributed by atoms with Gasteiger partial charge in [0.1, 0.15) is 0 Å². The Labute approximate surface area is 159 Å². The number of amides is 1. The van der Waals surface area contributed by atoms with Gasteiger partial charge in [0.25, 0.3) is 5.91 Å². The van der Waals surface area contributed by atoms with Gasteiger partial charge < -0.3 is 9.64 Å². The highest BCUT2D eigenvalue weighted by molar-refractivity contribution is 9.10. The van der Waals surface area contributed by atoms with Crippen molar-refractivity contribution < 1.29 is 14.3 Å². The molecule has 3 rings (SSSR count). The molecule has 1 amide bonds. The lowest BCUT2D eigenvalue weighted by Gasteiger charge is -2.31. The number of esters is 1. The highest BCUT2D eigenvalue weighted by Gasteiger charge is 2.31. The second-order valence-corrected chi connectivity index (χ2v) is 7.80. The van der Waals surface area contributed by atoms with Crippen LogP contribution in [0, 0.1) is 5.92 Å². The van der Waals surface area contributed by atoms with E-state index in [-0.39, 0.29) is 17.8 Å². The van der Waals surface area contributed by atoms with Gasteiger partial charge in [0.15, 0.2) is 5.17 Å². The summed E-state index contributed by atoms with van der Waals surface area (Å²) >= 11 is 4.84. The Hall–Kier alpha value is -1.60. The fourth-order valence-electron chi connectivity index (χ4n) is 2.85. The number of hydrogen-bond donors (Lipinski definition) is 0. The average molecular weight is 423 g/mol. The lowest BCUT2D eigenvalue weighted by Crippen LogP contribution is -2.39. The minimum Gasteiger partial charge on any atom is -0.466 e. The van der Waals surface area contributed by atoms with E-state index in [0.29, 0.717) is 24.6 Å². The summed E-state index contributed by atoms with van der Waals surface area (Å²) in [6, 6.07) is 7.79. The van der Waals surface area contributed by atoms with Crippen LogP contribution in [-0.2, 0) is 14.3 Å². The topological polar surface area (TPSA) is 59.0 Å². The van der Waals surface area contributed by atoms with Crippen molar-refractivity contribution in [2.45, 2.75) is 19.8 Å². The summed E-state index contributed by atoms with van der Waals surface area (Å²) in [5, 5.41) is 0.730. The zero-order chi connectivity index (χ0) is 17.8. The molecule has 0 radical (unpaired) electrons. The molecule has 2 aliphatic heterocycles. The van der Waals surface area contributed by atoms with Crippen molar-refractivity contribution in [2.75, 3.05) is 19.7 Å². The van der Waals surface area contributed by atoms with Gasteiger partial charge in [0.2, 0.25) is 0 Å². The van der Waals surface area contributed by atoms with Crippen molar-refractivity contribution in [1.29, 1.82) is 0 Å². The van der Waals surface area contributed by atoms with Crippen LogP contribution >= 0.6 is 27.7 Å². The third-order valence-electron chi connectivity index (χ3n) is 4.14. The second kappa shape index (κ2) is 8.19. The number of aliphatic imine (C=N–C) groups is 1. The van der Waals surface area contributed by atoms with E-state index in [2.05, 4.69) is 25.8 Å². The number of nitrogens with zero attached hydrogens (tertiary/aromatic N) is 2. The zero-order valence-corrected chi connectivity index (χ0v) is 16.3. The first kappa shape index (κ1) is 18.2. The largest absolute Gasteiger partial charge is 0.466 e. The Morgan fingerprint density at radius 3 is 2.88 bits per heavy atom. The number of piperidine rings is 1. The predicted molar refractivity (Wildman–Crippen MR) is 103 cm³/mol. The van der Waals surface area contributed by atoms with Crippen LogP contribution in [-0.4, -0.2) is 41.6 Å². The summed E-state index contributed by atoms with van der Waals surface area (Å²) in [7, 11) is 0. The highest BCUT2D eigenvalue weighted by Crippen LogP contribution is 2.32. The van der Waals surface area contributed by atoms with Gasteiger partial charge in [-0.3, -0.25) is 9.59 Å². The molecular formula is C18H19BrN2O3S. The molecule has 1 aromatic rings. The van der Waals surface area contributed by atoms with Crippen LogP contribution in [0.15, 0.2) is 38.6 Å². The third kappa shape index (κ3) is 4.52. The number of hydrogen-bond acceptors (Lipinski definition) is 5. The van der Waals surface area contributed by atoms with Crippen LogP contribution in [0.2, 0.25) is 0 Å². The molecular weight excluding hydrogens is 404 g/mol. The zero-order valence-electron chi connectivity index (χ0n) is 13.9. The van der Waals surface area contributed by atoms with E-state index >= 15 is 0 Å². The minimum absolute atomic E-state index is 0.0458. The third-order valence-corrected chi connectivity index (χ3v) is 5.68. The molecule has 0 aromatic heterocycles. The molecule has 0 spiro atoms. The normalized spacial score (nSPS) is 20.1. The Bertz CT molecular complexity index is 740. The molecule has 1 aromatic carbocycles. The Balaban J connectivity index is 1.61. The van der Waals surface area contributed by atoms with E-state index < -0.39 is 0 Å². The van der Waals surface area contributed by atoms with Crippen molar-refractivity contribution in [2.24, 2.45) is 10.9 Å².